The Labute approximate surface area is 188 Å². The van der Waals surface area contributed by atoms with Gasteiger partial charge in [0.2, 0.25) is 0 Å². The van der Waals surface area contributed by atoms with Crippen molar-refractivity contribution in [3.8, 4) is 17.3 Å². The van der Waals surface area contributed by atoms with E-state index in [1.807, 2.05) is 31.2 Å². The first kappa shape index (κ1) is 19.8. The summed E-state index contributed by atoms with van der Waals surface area (Å²) in [7, 11) is 0. The highest BCUT2D eigenvalue weighted by molar-refractivity contribution is 6.33. The molecule has 2 aromatic heterocycles. The second-order valence-corrected chi connectivity index (χ2v) is 8.67. The van der Waals surface area contributed by atoms with Gasteiger partial charge in [-0.3, -0.25) is 0 Å². The molecule has 3 fully saturated rings. The number of nitrogens with one attached hydrogen (secondary N) is 2. The van der Waals surface area contributed by atoms with Crippen LogP contribution < -0.4 is 10.1 Å². The lowest BCUT2D eigenvalue weighted by molar-refractivity contribution is 0.0273. The monoisotopic (exact) mass is 456 g/mol. The van der Waals surface area contributed by atoms with Gasteiger partial charge in [0.1, 0.15) is 12.2 Å². The number of cyclic esters (lactones) is 1. The number of alkyl carbamates (subject to hydrolysis) is 1. The fourth-order valence-corrected chi connectivity index (χ4v) is 4.79. The van der Waals surface area contributed by atoms with E-state index in [1.54, 1.807) is 6.07 Å². The Morgan fingerprint density at radius 3 is 2.81 bits per heavy atom. The van der Waals surface area contributed by atoms with E-state index in [0.717, 1.165) is 17.5 Å². The minimum atomic E-state index is -0.405. The standard InChI is InChI=1S/C22H21ClN4O5/c1-10-18(32-22(28)24-10)12-4-2-11(3-5-12)17-13(23)8-14-20(26-17)27-21(25-14)31-16-9-30-15-6-7-29-19(15)16/h2-5,8,10,15-16,18-19H,6-7,9H2,1H3,(H,24,28)(H,25,26,27)/t10-,15-,16?,18-,19+/m1/s1. The molecule has 9 nitrogen and oxygen atoms in total. The zero-order valence-corrected chi connectivity index (χ0v) is 18.0. The molecule has 0 bridgehead atoms. The molecule has 1 aromatic carbocycles. The molecule has 0 saturated carbocycles. The van der Waals surface area contributed by atoms with Crippen molar-refractivity contribution in [1.29, 1.82) is 0 Å². The van der Waals surface area contributed by atoms with Crippen LogP contribution in [-0.2, 0) is 14.2 Å². The highest BCUT2D eigenvalue weighted by atomic mass is 35.5. The third kappa shape index (κ3) is 3.37. The summed E-state index contributed by atoms with van der Waals surface area (Å²) >= 11 is 6.53. The average molecular weight is 457 g/mol. The number of imidazole rings is 1. The largest absolute Gasteiger partial charge is 0.456 e. The zero-order valence-electron chi connectivity index (χ0n) is 17.2. The summed E-state index contributed by atoms with van der Waals surface area (Å²) in [6, 6.07) is 9.70. The van der Waals surface area contributed by atoms with Crippen LogP contribution in [0.5, 0.6) is 6.01 Å². The predicted octanol–water partition coefficient (Wildman–Crippen LogP) is 3.38. The van der Waals surface area contributed by atoms with Crippen molar-refractivity contribution in [3.63, 3.8) is 0 Å². The lowest BCUT2D eigenvalue weighted by Gasteiger charge is -2.15. The maximum Gasteiger partial charge on any atom is 0.408 e. The van der Waals surface area contributed by atoms with Crippen LogP contribution in [0.2, 0.25) is 5.02 Å². The number of hydrogen-bond acceptors (Lipinski definition) is 7. The van der Waals surface area contributed by atoms with Crippen molar-refractivity contribution in [2.75, 3.05) is 13.2 Å². The Bertz CT molecular complexity index is 1180. The quantitative estimate of drug-likeness (QED) is 0.619. The number of fused-ring (bicyclic) bond motifs is 2. The van der Waals surface area contributed by atoms with Crippen LogP contribution >= 0.6 is 11.6 Å². The van der Waals surface area contributed by atoms with Crippen LogP contribution in [0.1, 0.15) is 25.0 Å². The van der Waals surface area contributed by atoms with Crippen molar-refractivity contribution in [3.05, 3.63) is 40.9 Å². The number of benzene rings is 1. The molecule has 2 N–H and O–H groups in total. The van der Waals surface area contributed by atoms with Crippen LogP contribution in [0.25, 0.3) is 22.4 Å². The molecule has 0 spiro atoms. The normalized spacial score (nSPS) is 29.2. The van der Waals surface area contributed by atoms with Gasteiger partial charge in [-0.15, -0.1) is 0 Å². The van der Waals surface area contributed by atoms with E-state index in [-0.39, 0.29) is 30.5 Å². The number of halogens is 1. The van der Waals surface area contributed by atoms with Gasteiger partial charge in [-0.2, -0.15) is 4.98 Å². The minimum Gasteiger partial charge on any atom is -0.456 e. The number of aromatic nitrogens is 3. The summed E-state index contributed by atoms with van der Waals surface area (Å²) in [5, 5.41) is 3.24. The molecule has 3 saturated heterocycles. The molecule has 0 aliphatic carbocycles. The molecule has 3 aliphatic rings. The first-order valence-electron chi connectivity index (χ1n) is 10.6. The number of H-pyrrole nitrogens is 1. The lowest BCUT2D eigenvalue weighted by Crippen LogP contribution is -2.32. The second kappa shape index (κ2) is 7.61. The average Bonchev–Trinajstić information content (AvgIpc) is 3.53. The van der Waals surface area contributed by atoms with E-state index in [4.69, 9.17) is 30.5 Å². The third-order valence-corrected chi connectivity index (χ3v) is 6.42. The van der Waals surface area contributed by atoms with Gasteiger partial charge in [0.05, 0.1) is 35.0 Å². The number of aromatic amines is 1. The van der Waals surface area contributed by atoms with Crippen LogP contribution in [-0.4, -0.2) is 58.6 Å². The summed E-state index contributed by atoms with van der Waals surface area (Å²) in [4.78, 5) is 23.7. The summed E-state index contributed by atoms with van der Waals surface area (Å²) < 4.78 is 22.8. The number of amides is 1. The fourth-order valence-electron chi connectivity index (χ4n) is 4.53. The predicted molar refractivity (Wildman–Crippen MR) is 115 cm³/mol. The highest BCUT2D eigenvalue weighted by Crippen LogP contribution is 2.33. The van der Waals surface area contributed by atoms with E-state index in [1.165, 1.54) is 0 Å². The summed E-state index contributed by atoms with van der Waals surface area (Å²) in [5.74, 6) is 0. The first-order valence-corrected chi connectivity index (χ1v) is 11.0. The molecular weight excluding hydrogens is 436 g/mol. The third-order valence-electron chi connectivity index (χ3n) is 6.13. The Hall–Kier alpha value is -2.88. The van der Waals surface area contributed by atoms with E-state index in [2.05, 4.69) is 20.3 Å². The van der Waals surface area contributed by atoms with Crippen molar-refractivity contribution in [2.45, 2.75) is 43.8 Å². The number of hydrogen-bond donors (Lipinski definition) is 2. The van der Waals surface area contributed by atoms with E-state index in [9.17, 15) is 4.79 Å². The number of carbonyl (C=O) groups excluding carboxylic acids is 1. The van der Waals surface area contributed by atoms with Gasteiger partial charge in [-0.1, -0.05) is 35.9 Å². The Morgan fingerprint density at radius 2 is 2.03 bits per heavy atom. The highest BCUT2D eigenvalue weighted by Gasteiger charge is 2.43. The van der Waals surface area contributed by atoms with Gasteiger partial charge in [0.15, 0.2) is 11.8 Å². The van der Waals surface area contributed by atoms with Crippen molar-refractivity contribution < 1.29 is 23.7 Å². The van der Waals surface area contributed by atoms with Gasteiger partial charge in [0.25, 0.3) is 6.01 Å². The molecule has 3 aromatic rings. The van der Waals surface area contributed by atoms with Gasteiger partial charge < -0.3 is 29.2 Å². The molecule has 1 unspecified atom stereocenters. The molecule has 1 amide bonds. The fraction of sp³-hybridized carbons (Fsp3) is 0.409. The van der Waals surface area contributed by atoms with Gasteiger partial charge >= 0.3 is 6.09 Å². The SMILES string of the molecule is C[C@H]1NC(=O)O[C@H]1c1ccc(-c2nc3nc(OC4CO[C@@H]5CCO[C@H]45)[nH]c3cc2Cl)cc1. The van der Waals surface area contributed by atoms with Crippen LogP contribution in [0.4, 0.5) is 4.79 Å². The van der Waals surface area contributed by atoms with Crippen molar-refractivity contribution >= 4 is 28.9 Å². The molecule has 0 radical (unpaired) electrons. The number of ether oxygens (including phenoxy) is 4. The Morgan fingerprint density at radius 1 is 1.19 bits per heavy atom. The molecule has 3 aliphatic heterocycles. The molecular formula is C22H21ClN4O5. The molecule has 166 valence electrons. The number of nitrogens with zero attached hydrogens (tertiary/aromatic N) is 2. The molecule has 5 atom stereocenters. The van der Waals surface area contributed by atoms with E-state index >= 15 is 0 Å². The number of carbonyl (C=O) groups is 1. The number of pyridine rings is 1. The minimum absolute atomic E-state index is 0.0640. The molecule has 6 rings (SSSR count). The Kier molecular flexibility index (Phi) is 4.71. The van der Waals surface area contributed by atoms with E-state index < -0.39 is 6.09 Å². The van der Waals surface area contributed by atoms with Gasteiger partial charge in [0, 0.05) is 12.2 Å². The van der Waals surface area contributed by atoms with Crippen LogP contribution in [0, 0.1) is 0 Å². The second-order valence-electron chi connectivity index (χ2n) is 8.27. The van der Waals surface area contributed by atoms with Crippen molar-refractivity contribution in [2.24, 2.45) is 0 Å². The molecule has 5 heterocycles. The maximum absolute atomic E-state index is 11.5. The van der Waals surface area contributed by atoms with Gasteiger partial charge in [-0.25, -0.2) is 9.78 Å². The van der Waals surface area contributed by atoms with Gasteiger partial charge in [-0.05, 0) is 25.0 Å². The first-order chi connectivity index (χ1) is 15.5. The summed E-state index contributed by atoms with van der Waals surface area (Å²) in [6.07, 6.45) is -0.00666. The van der Waals surface area contributed by atoms with Crippen molar-refractivity contribution in [1.82, 2.24) is 20.3 Å². The van der Waals surface area contributed by atoms with Crippen LogP contribution in [0.15, 0.2) is 30.3 Å². The molecule has 32 heavy (non-hydrogen) atoms. The smallest absolute Gasteiger partial charge is 0.408 e. The topological polar surface area (TPSA) is 108 Å². The summed E-state index contributed by atoms with van der Waals surface area (Å²) in [6.45, 7) is 3.07. The Balaban J connectivity index is 1.25. The number of rotatable bonds is 4. The van der Waals surface area contributed by atoms with Crippen LogP contribution in [0.3, 0.4) is 0 Å². The summed E-state index contributed by atoms with van der Waals surface area (Å²) in [5.41, 5.74) is 3.54. The zero-order chi connectivity index (χ0) is 21.8. The maximum atomic E-state index is 11.5. The van der Waals surface area contributed by atoms with E-state index in [0.29, 0.717) is 41.1 Å². The molecule has 10 heteroatoms. The lowest BCUT2D eigenvalue weighted by atomic mass is 10.0.